The van der Waals surface area contributed by atoms with Gasteiger partial charge in [-0.1, -0.05) is 44.0 Å². The normalized spacial score (nSPS) is 11.9. The molecule has 0 aliphatic heterocycles. The van der Waals surface area contributed by atoms with Gasteiger partial charge in [0.05, 0.1) is 11.6 Å². The van der Waals surface area contributed by atoms with E-state index in [4.69, 9.17) is 34.8 Å². The van der Waals surface area contributed by atoms with Crippen LogP contribution in [-0.4, -0.2) is 20.0 Å². The van der Waals surface area contributed by atoms with Crippen molar-refractivity contribution >= 4 is 34.8 Å². The van der Waals surface area contributed by atoms with Gasteiger partial charge in [-0.2, -0.15) is 5.10 Å². The lowest BCUT2D eigenvalue weighted by molar-refractivity contribution is 0.555. The van der Waals surface area contributed by atoms with Gasteiger partial charge in [0, 0.05) is 11.0 Å². The van der Waals surface area contributed by atoms with Crippen molar-refractivity contribution in [3.63, 3.8) is 0 Å². The lowest BCUT2D eigenvalue weighted by Crippen LogP contribution is -2.14. The van der Waals surface area contributed by atoms with Gasteiger partial charge in [-0.05, 0) is 12.1 Å². The summed E-state index contributed by atoms with van der Waals surface area (Å²) in [6.07, 6.45) is 0. The molecule has 0 saturated carbocycles. The predicted molar refractivity (Wildman–Crippen MR) is 77.4 cm³/mol. The molecule has 102 valence electrons. The zero-order chi connectivity index (χ0) is 14.2. The molecule has 4 nitrogen and oxygen atoms in total. The van der Waals surface area contributed by atoms with Crippen LogP contribution >= 0.6 is 34.8 Å². The van der Waals surface area contributed by atoms with Crippen LogP contribution in [0.3, 0.4) is 0 Å². The first kappa shape index (κ1) is 14.6. The van der Waals surface area contributed by atoms with Crippen LogP contribution in [0.5, 0.6) is 0 Å². The monoisotopic (exact) mass is 318 g/mol. The van der Waals surface area contributed by atoms with Gasteiger partial charge in [0.15, 0.2) is 11.0 Å². The van der Waals surface area contributed by atoms with Crippen molar-refractivity contribution in [2.75, 3.05) is 0 Å². The Kier molecular flexibility index (Phi) is 4.04. The molecule has 0 bridgehead atoms. The average molecular weight is 320 g/mol. The first-order valence-electron chi connectivity index (χ1n) is 5.68. The molecule has 0 spiro atoms. The van der Waals surface area contributed by atoms with Crippen LogP contribution in [0.2, 0.25) is 10.3 Å². The quantitative estimate of drug-likeness (QED) is 0.786. The lowest BCUT2D eigenvalue weighted by atomic mass is 9.90. The van der Waals surface area contributed by atoms with E-state index in [0.717, 1.165) is 11.3 Å². The third-order valence-corrected chi connectivity index (χ3v) is 3.46. The molecule has 0 N–H and O–H groups in total. The molecule has 19 heavy (non-hydrogen) atoms. The van der Waals surface area contributed by atoms with Gasteiger partial charge in [-0.3, -0.25) is 0 Å². The van der Waals surface area contributed by atoms with E-state index in [9.17, 15) is 0 Å². The van der Waals surface area contributed by atoms with Crippen LogP contribution in [0.15, 0.2) is 12.1 Å². The Hall–Kier alpha value is -0.840. The fourth-order valence-electron chi connectivity index (χ4n) is 1.72. The molecule has 2 heterocycles. The molecule has 2 aromatic rings. The molecule has 0 fully saturated rings. The number of aromatic nitrogens is 4. The fourth-order valence-corrected chi connectivity index (χ4v) is 2.43. The minimum Gasteiger partial charge on any atom is -0.201 e. The van der Waals surface area contributed by atoms with Gasteiger partial charge in [0.1, 0.15) is 5.15 Å². The maximum absolute atomic E-state index is 6.33. The maximum Gasteiger partial charge on any atom is 0.177 e. The van der Waals surface area contributed by atoms with Crippen molar-refractivity contribution in [2.24, 2.45) is 0 Å². The summed E-state index contributed by atoms with van der Waals surface area (Å²) in [7, 11) is 0. The summed E-state index contributed by atoms with van der Waals surface area (Å²) in [5, 5.41) is 13.0. The van der Waals surface area contributed by atoms with Crippen LogP contribution in [0.25, 0.3) is 5.82 Å². The lowest BCUT2D eigenvalue weighted by Gasteiger charge is -2.16. The molecular weight excluding hydrogens is 307 g/mol. The van der Waals surface area contributed by atoms with Crippen molar-refractivity contribution in [1.82, 2.24) is 20.0 Å². The standard InChI is InChI=1S/C12H13Cl3N4/c1-12(2,3)10-7(6-13)11(15)19(18-10)9-5-4-8(14)16-17-9/h4-5H,6H2,1-3H3. The molecule has 0 saturated heterocycles. The predicted octanol–water partition coefficient (Wildman–Crippen LogP) is 4.01. The van der Waals surface area contributed by atoms with Crippen molar-refractivity contribution < 1.29 is 0 Å². The minimum absolute atomic E-state index is 0.154. The van der Waals surface area contributed by atoms with Crippen LogP contribution in [0.1, 0.15) is 32.0 Å². The average Bonchev–Trinajstić information content (AvgIpc) is 2.67. The molecule has 0 radical (unpaired) electrons. The molecular formula is C12H13Cl3N4. The van der Waals surface area contributed by atoms with E-state index in [2.05, 4.69) is 36.1 Å². The molecule has 0 aromatic carbocycles. The summed E-state index contributed by atoms with van der Waals surface area (Å²) in [4.78, 5) is 0. The van der Waals surface area contributed by atoms with Gasteiger partial charge in [0.2, 0.25) is 0 Å². The third-order valence-electron chi connectivity index (χ3n) is 2.60. The molecule has 2 aromatic heterocycles. The van der Waals surface area contributed by atoms with E-state index >= 15 is 0 Å². The highest BCUT2D eigenvalue weighted by molar-refractivity contribution is 6.31. The number of rotatable bonds is 2. The smallest absolute Gasteiger partial charge is 0.177 e. The summed E-state index contributed by atoms with van der Waals surface area (Å²) in [6.45, 7) is 6.17. The number of nitrogens with zero attached hydrogens (tertiary/aromatic N) is 4. The van der Waals surface area contributed by atoms with E-state index in [1.54, 1.807) is 12.1 Å². The van der Waals surface area contributed by atoms with Gasteiger partial charge in [-0.15, -0.1) is 21.8 Å². The van der Waals surface area contributed by atoms with Gasteiger partial charge < -0.3 is 0 Å². The van der Waals surface area contributed by atoms with E-state index in [0.29, 0.717) is 22.0 Å². The van der Waals surface area contributed by atoms with Crippen LogP contribution in [-0.2, 0) is 11.3 Å². The van der Waals surface area contributed by atoms with Crippen molar-refractivity contribution in [2.45, 2.75) is 32.1 Å². The fraction of sp³-hybridized carbons (Fsp3) is 0.417. The van der Waals surface area contributed by atoms with Gasteiger partial charge in [0.25, 0.3) is 0 Å². The van der Waals surface area contributed by atoms with Crippen LogP contribution in [0, 0.1) is 0 Å². The Morgan fingerprint density at radius 2 is 1.84 bits per heavy atom. The molecule has 0 amide bonds. The Bertz CT molecular complexity index is 584. The first-order valence-corrected chi connectivity index (χ1v) is 6.97. The summed E-state index contributed by atoms with van der Waals surface area (Å²) < 4.78 is 1.53. The topological polar surface area (TPSA) is 43.6 Å². The molecule has 7 heteroatoms. The highest BCUT2D eigenvalue weighted by atomic mass is 35.5. The third kappa shape index (κ3) is 2.86. The largest absolute Gasteiger partial charge is 0.201 e. The summed E-state index contributed by atoms with van der Waals surface area (Å²) >= 11 is 18.0. The Balaban J connectivity index is 2.59. The van der Waals surface area contributed by atoms with E-state index in [-0.39, 0.29) is 5.41 Å². The number of alkyl halides is 1. The number of hydrogen-bond acceptors (Lipinski definition) is 3. The second-order valence-corrected chi connectivity index (χ2v) is 6.14. The molecule has 0 aliphatic rings. The molecule has 2 rings (SSSR count). The van der Waals surface area contributed by atoms with Crippen LogP contribution in [0.4, 0.5) is 0 Å². The maximum atomic E-state index is 6.33. The van der Waals surface area contributed by atoms with Crippen molar-refractivity contribution in [3.05, 3.63) is 33.7 Å². The summed E-state index contributed by atoms with van der Waals surface area (Å²) in [5.74, 6) is 0.809. The molecule has 0 atom stereocenters. The van der Waals surface area contributed by atoms with Crippen LogP contribution < -0.4 is 0 Å². The molecule has 0 aliphatic carbocycles. The minimum atomic E-state index is -0.154. The van der Waals surface area contributed by atoms with Crippen molar-refractivity contribution in [1.29, 1.82) is 0 Å². The highest BCUT2D eigenvalue weighted by Crippen LogP contribution is 2.32. The van der Waals surface area contributed by atoms with E-state index in [1.165, 1.54) is 4.68 Å². The second kappa shape index (κ2) is 5.27. The molecule has 0 unspecified atom stereocenters. The van der Waals surface area contributed by atoms with Gasteiger partial charge >= 0.3 is 0 Å². The Labute approximate surface area is 126 Å². The highest BCUT2D eigenvalue weighted by Gasteiger charge is 2.26. The first-order chi connectivity index (χ1) is 8.84. The zero-order valence-electron chi connectivity index (χ0n) is 10.8. The summed E-state index contributed by atoms with van der Waals surface area (Å²) in [6, 6.07) is 3.34. The number of halogens is 3. The zero-order valence-corrected chi connectivity index (χ0v) is 13.1. The summed E-state index contributed by atoms with van der Waals surface area (Å²) in [5.41, 5.74) is 1.51. The second-order valence-electron chi connectivity index (χ2n) is 5.13. The van der Waals surface area contributed by atoms with Gasteiger partial charge in [-0.25, -0.2) is 4.68 Å². The van der Waals surface area contributed by atoms with Crippen molar-refractivity contribution in [3.8, 4) is 5.82 Å². The van der Waals surface area contributed by atoms with E-state index in [1.807, 2.05) is 0 Å². The Morgan fingerprint density at radius 1 is 1.16 bits per heavy atom. The van der Waals surface area contributed by atoms with E-state index < -0.39 is 0 Å². The Morgan fingerprint density at radius 3 is 2.26 bits per heavy atom. The number of hydrogen-bond donors (Lipinski definition) is 0. The SMILES string of the molecule is CC(C)(C)c1nn(-c2ccc(Cl)nn2)c(Cl)c1CCl.